The minimum absolute atomic E-state index is 0. The van der Waals surface area contributed by atoms with Crippen LogP contribution < -0.4 is 0 Å². The van der Waals surface area contributed by atoms with Crippen LogP contribution in [-0.4, -0.2) is 142 Å². The molecule has 0 N–H and O–H groups in total. The second-order valence-corrected chi connectivity index (χ2v) is 33.5. The standard InChI is InChI=1S/C15H13BFN2O3.C13H17BFN2O3.C12H15BFN2O3.C11H13BFN2O3.C11H15BFN2O2.C10H11BFN2O3.C9H9BFN2O3.C9H11BFN2O2.4CH4/c17-13-6-7-14(19-18)12(8-13)9-20-16-21-10-15(22-16)11-4-2-1-3-5-11;1-12(2)13(3,4)20-14(19-12)18-8-9-7-10(15)5-6-11(9)17-16;1-12(2)7-18-13(19-8-12)17-6-9-5-10(14)3-4-11(9)16-15;13-10-3-4-11(15-14)9(7-10)8-18-12-16-5-1-2-6-17-12;1-8(2)17-12(3)16-7-9-6-10(13)4-5-11(9)15-14;12-9-2-3-10(14-13)8(6-9)7-17-11-15-4-1-5-16-11;11-8-1-2-9(13-12)7(5-8)6-16-10-14-3-4-15-10;1-10(14-2)15-6-7-5-8(11)3-4-9(7)13-12;;;;/h1-8,15H,9-10H2;5-7H,8H2,1-4H3;3-5H,6-8H2,1-2H3;3-4,7H,1-2,5-6,8H2;4-6,8H,7H2,1-3H3;2-3,6H,1,4-5,7H2;1-2,5H,3-4,6H2;3-5H,6H2,1-2H3;4*1H4/q8*+1;;;;. The minimum Gasteiger partial charge on any atom is -0.414 e. The average molecular weight is 2060 g/mol. The first-order chi connectivity index (χ1) is 69.1. The zero-order valence-electron chi connectivity index (χ0n) is 80.8. The third-order valence-corrected chi connectivity index (χ3v) is 20.9. The van der Waals surface area contributed by atoms with Gasteiger partial charge in [0, 0.05) is 107 Å². The van der Waals surface area contributed by atoms with Gasteiger partial charge in [0.25, 0.3) is 0 Å². The predicted molar refractivity (Wildman–Crippen MR) is 537 cm³/mol. The van der Waals surface area contributed by atoms with Crippen LogP contribution in [0, 0.1) is 95.1 Å². The lowest BCUT2D eigenvalue weighted by Gasteiger charge is -2.31. The molecule has 6 heterocycles. The van der Waals surface area contributed by atoms with E-state index in [-0.39, 0.29) is 141 Å². The molecule has 6 aliphatic heterocycles. The van der Waals surface area contributed by atoms with Crippen LogP contribution in [0.25, 0.3) is 39.8 Å². The molecule has 54 heteroatoms. The Morgan fingerprint density at radius 3 is 0.851 bits per heavy atom. The first-order valence-corrected chi connectivity index (χ1v) is 44.9. The van der Waals surface area contributed by atoms with Gasteiger partial charge in [-0.25, -0.2) is 35.1 Å². The molecule has 0 aromatic heterocycles. The van der Waals surface area contributed by atoms with Crippen molar-refractivity contribution in [3.05, 3.63) is 312 Å². The van der Waals surface area contributed by atoms with E-state index in [1.165, 1.54) is 153 Å². The van der Waals surface area contributed by atoms with E-state index in [0.717, 1.165) is 24.8 Å². The van der Waals surface area contributed by atoms with E-state index < -0.39 is 109 Å². The first-order valence-electron chi connectivity index (χ1n) is 44.9. The Morgan fingerprint density at radius 2 is 0.574 bits per heavy atom. The molecule has 6 aliphatic rings. The Kier molecular flexibility index (Phi) is 57.5. The lowest BCUT2D eigenvalue weighted by molar-refractivity contribution is -0.0213. The number of halogens is 8. The molecule has 0 bridgehead atoms. The maximum atomic E-state index is 13.2. The molecule has 9 aromatic carbocycles. The summed E-state index contributed by atoms with van der Waals surface area (Å²) in [5.41, 5.74) is 5.64. The van der Waals surface area contributed by atoms with Crippen molar-refractivity contribution < 1.29 is 138 Å². The van der Waals surface area contributed by atoms with E-state index in [1.807, 2.05) is 85.7 Å². The summed E-state index contributed by atoms with van der Waals surface area (Å²) in [6, 6.07) is 40.5. The number of benzene rings is 9. The van der Waals surface area contributed by atoms with Crippen molar-refractivity contribution in [2.24, 2.45) is 5.41 Å². The summed E-state index contributed by atoms with van der Waals surface area (Å²) in [6.45, 7) is 24.2. The highest BCUT2D eigenvalue weighted by Gasteiger charge is 2.53. The molecular weight excluding hydrogens is 1940 g/mol. The summed E-state index contributed by atoms with van der Waals surface area (Å²) in [4.78, 5) is 24.5. The van der Waals surface area contributed by atoms with E-state index in [0.29, 0.717) is 115 Å². The van der Waals surface area contributed by atoms with Gasteiger partial charge in [0.15, 0.2) is 39.8 Å². The van der Waals surface area contributed by atoms with Crippen molar-refractivity contribution in [3.8, 4) is 0 Å². The maximum absolute atomic E-state index is 13.2. The van der Waals surface area contributed by atoms with Crippen LogP contribution in [0.15, 0.2) is 176 Å². The minimum atomic E-state index is -0.838. The molecule has 6 fully saturated rings. The van der Waals surface area contributed by atoms with Gasteiger partial charge < -0.3 is 102 Å². The summed E-state index contributed by atoms with van der Waals surface area (Å²) in [5.74, 6) is -3.31. The predicted octanol–water partition coefficient (Wildman–Crippen LogP) is 25.2. The van der Waals surface area contributed by atoms with E-state index in [9.17, 15) is 35.1 Å². The number of hydrogen-bond donors (Lipinski definition) is 0. The van der Waals surface area contributed by atoms with E-state index in [1.54, 1.807) is 13.6 Å². The summed E-state index contributed by atoms with van der Waals surface area (Å²) in [7, 11) is -3.94. The van der Waals surface area contributed by atoms with Crippen molar-refractivity contribution in [3.63, 3.8) is 0 Å². The van der Waals surface area contributed by atoms with Gasteiger partial charge in [0.1, 0.15) is 46.5 Å². The Hall–Kier alpha value is -12.6. The van der Waals surface area contributed by atoms with Crippen LogP contribution in [0.3, 0.4) is 0 Å². The van der Waals surface area contributed by atoms with Crippen LogP contribution in [0.1, 0.15) is 161 Å². The Balaban J connectivity index is 0.000000352. The molecule has 15 rings (SSSR count). The number of nitrogens with zero attached hydrogens (tertiary/aromatic N) is 16. The zero-order valence-corrected chi connectivity index (χ0v) is 80.8. The van der Waals surface area contributed by atoms with Crippen molar-refractivity contribution >= 4 is 104 Å². The summed E-state index contributed by atoms with van der Waals surface area (Å²) >= 11 is 0. The Labute approximate surface area is 858 Å². The third-order valence-electron chi connectivity index (χ3n) is 20.9. The molecule has 0 saturated carbocycles. The normalized spacial score (nSPS) is 15.2. The van der Waals surface area contributed by atoms with Crippen LogP contribution in [0.4, 0.5) is 80.6 Å². The van der Waals surface area contributed by atoms with E-state index in [4.69, 9.17) is 146 Å². The fraction of sp³-hybridized carbons (Fsp3) is 0.426. The molecule has 0 radical (unpaired) electrons. The van der Waals surface area contributed by atoms with Gasteiger partial charge in [-0.1, -0.05) is 73.9 Å². The molecule has 1 atom stereocenters. The molecule has 6 saturated heterocycles. The van der Waals surface area contributed by atoms with Crippen LogP contribution in [0.5, 0.6) is 0 Å². The highest BCUT2D eigenvalue weighted by Crippen LogP contribution is 2.39. The summed E-state index contributed by atoms with van der Waals surface area (Å²) < 4.78 is 222. The fourth-order valence-corrected chi connectivity index (χ4v) is 12.6. The van der Waals surface area contributed by atoms with E-state index in [2.05, 4.69) is 39.8 Å². The molecule has 9 aromatic rings. The van der Waals surface area contributed by atoms with Gasteiger partial charge in [-0.2, -0.15) is 0 Å². The topological polar surface area (TPSA) is 428 Å². The fourth-order valence-electron chi connectivity index (χ4n) is 12.6. The van der Waals surface area contributed by atoms with Gasteiger partial charge in [0.2, 0.25) is 43.1 Å². The van der Waals surface area contributed by atoms with Crippen molar-refractivity contribution in [2.75, 3.05) is 66.6 Å². The Bertz CT molecular complexity index is 5940. The number of rotatable bonds is 28. The highest BCUT2D eigenvalue weighted by atomic mass is 19.2. The van der Waals surface area contributed by atoms with Crippen LogP contribution in [-0.2, 0) is 155 Å². The highest BCUT2D eigenvalue weighted by molar-refractivity contribution is 6.43. The van der Waals surface area contributed by atoms with Crippen molar-refractivity contribution in [2.45, 2.75) is 194 Å². The molecular formula is C94H120B8F8N16O22+8. The Morgan fingerprint density at radius 1 is 0.324 bits per heavy atom. The monoisotopic (exact) mass is 2060 g/mol. The number of hydrogen-bond acceptors (Lipinski definition) is 30. The largest absolute Gasteiger partial charge is 0.640 e. The summed E-state index contributed by atoms with van der Waals surface area (Å²) in [6.07, 6.45) is 2.55. The smallest absolute Gasteiger partial charge is 0.414 e. The molecule has 780 valence electrons. The maximum Gasteiger partial charge on any atom is 0.640 e. The molecule has 0 aliphatic carbocycles. The van der Waals surface area contributed by atoms with Gasteiger partial charge in [-0.15, -0.1) is 0 Å². The van der Waals surface area contributed by atoms with Crippen LogP contribution >= 0.6 is 0 Å². The lowest BCUT2D eigenvalue weighted by atomic mass is 9.90. The van der Waals surface area contributed by atoms with Gasteiger partial charge in [0.05, 0.1) is 134 Å². The zero-order chi connectivity index (χ0) is 105. The van der Waals surface area contributed by atoms with Crippen LogP contribution in [0.2, 0.25) is 13.6 Å². The van der Waals surface area contributed by atoms with E-state index >= 15 is 0 Å². The molecule has 148 heavy (non-hydrogen) atoms. The molecule has 1 unspecified atom stereocenters. The number of diazo groups is 8. The summed E-state index contributed by atoms with van der Waals surface area (Å²) in [5, 5.41) is 70.1. The molecule has 38 nitrogen and oxygen atoms in total. The van der Waals surface area contributed by atoms with Gasteiger partial charge in [-0.05, 0) is 177 Å². The average Bonchev–Trinajstić information content (AvgIpc) is 1.63. The second-order valence-electron chi connectivity index (χ2n) is 33.5. The second kappa shape index (κ2) is 66.7. The SMILES string of the molecule is C.C.C.C.CB(OCc1cc(F)ccc1[N+]#N)OC(C)C.CC1(C)COB(OCc2cc(F)ccc2[N+]#N)OC1.CC1(C)OB(OCc2cc(F)ccc2[N+]#N)OC1(C)C.COB(C)OCc1cc(F)ccc1[N+]#N.N#[N+]c1ccc(F)cc1COB1OCC(c2ccccc2)O1.N#[N+]c1ccc(F)cc1COB1OCCCCO1.N#[N+]c1ccc(F)cc1COB1OCCCO1.N#[N+]c1ccc(F)cc1COB1OCCO1. The van der Waals surface area contributed by atoms with Gasteiger partial charge in [-0.3, -0.25) is 0 Å². The van der Waals surface area contributed by atoms with Crippen molar-refractivity contribution in [1.82, 2.24) is 0 Å². The lowest BCUT2D eigenvalue weighted by Crippen LogP contribution is -2.42. The third kappa shape index (κ3) is 44.4. The molecule has 0 amide bonds. The molecule has 0 spiro atoms. The quantitative estimate of drug-likeness (QED) is 0.0250. The van der Waals surface area contributed by atoms with Crippen molar-refractivity contribution in [1.29, 1.82) is 43.1 Å². The first kappa shape index (κ1) is 128. The van der Waals surface area contributed by atoms with Gasteiger partial charge >= 0.3 is 104 Å².